The second-order valence-corrected chi connectivity index (χ2v) is 15.3. The van der Waals surface area contributed by atoms with Crippen LogP contribution >= 0.6 is 7.82 Å². The summed E-state index contributed by atoms with van der Waals surface area (Å²) >= 11 is 0. The zero-order valence-corrected chi connectivity index (χ0v) is 34.6. The number of esters is 2. The van der Waals surface area contributed by atoms with Gasteiger partial charge in [0.05, 0.1) is 13.2 Å². The molecule has 0 radical (unpaired) electrons. The summed E-state index contributed by atoms with van der Waals surface area (Å²) in [6.45, 7) is 3.64. The summed E-state index contributed by atoms with van der Waals surface area (Å²) < 4.78 is 32.7. The van der Waals surface area contributed by atoms with E-state index in [1.165, 1.54) is 64.2 Å². The Hall–Kier alpha value is -2.03. The summed E-state index contributed by atoms with van der Waals surface area (Å²) in [4.78, 5) is 34.8. The van der Waals surface area contributed by atoms with Gasteiger partial charge in [-0.05, 0) is 70.6 Å². The molecule has 0 saturated carbocycles. The molecule has 10 heteroatoms. The third-order valence-electron chi connectivity index (χ3n) is 8.69. The van der Waals surface area contributed by atoms with Crippen molar-refractivity contribution in [2.24, 2.45) is 5.73 Å². The molecule has 2 unspecified atom stereocenters. The average molecular weight is 768 g/mol. The molecule has 0 saturated heterocycles. The van der Waals surface area contributed by atoms with E-state index in [9.17, 15) is 19.0 Å². The highest BCUT2D eigenvalue weighted by atomic mass is 31.2. The van der Waals surface area contributed by atoms with Crippen molar-refractivity contribution in [3.05, 3.63) is 48.6 Å². The summed E-state index contributed by atoms with van der Waals surface area (Å²) in [5.41, 5.74) is 5.34. The molecule has 0 heterocycles. The molecule has 0 rings (SSSR count). The fraction of sp³-hybridized carbons (Fsp3) is 0.767. The largest absolute Gasteiger partial charge is 0.472 e. The average Bonchev–Trinajstić information content (AvgIpc) is 3.14. The Kier molecular flexibility index (Phi) is 38.1. The molecule has 0 fully saturated rings. The third kappa shape index (κ3) is 39.5. The minimum atomic E-state index is -4.38. The molecule has 0 aliphatic heterocycles. The molecular weight excluding hydrogens is 689 g/mol. The van der Waals surface area contributed by atoms with Crippen LogP contribution in [0.4, 0.5) is 0 Å². The molecule has 0 aromatic heterocycles. The number of allylic oxidation sites excluding steroid dienone is 8. The van der Waals surface area contributed by atoms with Crippen LogP contribution < -0.4 is 5.73 Å². The normalized spacial score (nSPS) is 13.8. The van der Waals surface area contributed by atoms with E-state index in [1.807, 2.05) is 0 Å². The third-order valence-corrected chi connectivity index (χ3v) is 9.67. The highest BCUT2D eigenvalue weighted by Gasteiger charge is 2.26. The highest BCUT2D eigenvalue weighted by molar-refractivity contribution is 7.47. The lowest BCUT2D eigenvalue weighted by Gasteiger charge is -2.19. The van der Waals surface area contributed by atoms with Crippen LogP contribution in [0.5, 0.6) is 0 Å². The van der Waals surface area contributed by atoms with Crippen LogP contribution in [0, 0.1) is 0 Å². The Morgan fingerprint density at radius 2 is 1.00 bits per heavy atom. The maximum atomic E-state index is 12.6. The summed E-state index contributed by atoms with van der Waals surface area (Å²) in [7, 11) is -4.38. The molecule has 0 aliphatic rings. The van der Waals surface area contributed by atoms with E-state index in [1.54, 1.807) is 0 Å². The van der Waals surface area contributed by atoms with Crippen molar-refractivity contribution in [3.8, 4) is 0 Å². The Morgan fingerprint density at radius 1 is 0.566 bits per heavy atom. The molecule has 0 spiro atoms. The SMILES string of the molecule is CCCC/C=C\C/C=C\CCCCCCCC(=O)OCC(COP(=O)(O)OCCN)OC(=O)CCCCCCCCC/C=C\C/C=C\CCCCCC. The number of hydrogen-bond donors (Lipinski definition) is 2. The number of ether oxygens (including phenoxy) is 2. The van der Waals surface area contributed by atoms with Gasteiger partial charge in [0, 0.05) is 19.4 Å². The first-order valence-corrected chi connectivity index (χ1v) is 22.6. The Balaban J connectivity index is 4.20. The van der Waals surface area contributed by atoms with Gasteiger partial charge in [0.15, 0.2) is 6.10 Å². The number of carbonyl (C=O) groups is 2. The lowest BCUT2D eigenvalue weighted by molar-refractivity contribution is -0.161. The van der Waals surface area contributed by atoms with Gasteiger partial charge in [-0.3, -0.25) is 18.6 Å². The van der Waals surface area contributed by atoms with Crippen molar-refractivity contribution in [2.45, 2.75) is 187 Å². The van der Waals surface area contributed by atoms with Gasteiger partial charge in [0.1, 0.15) is 6.61 Å². The first-order valence-electron chi connectivity index (χ1n) is 21.1. The van der Waals surface area contributed by atoms with Crippen LogP contribution in [0.1, 0.15) is 181 Å². The molecular formula is C43H78NO8P. The quantitative estimate of drug-likeness (QED) is 0.0271. The molecule has 0 aromatic carbocycles. The number of unbranched alkanes of at least 4 members (excludes halogenated alkanes) is 18. The summed E-state index contributed by atoms with van der Waals surface area (Å²) in [5, 5.41) is 0. The van der Waals surface area contributed by atoms with Crippen LogP contribution in [0.25, 0.3) is 0 Å². The van der Waals surface area contributed by atoms with Crippen LogP contribution in [-0.4, -0.2) is 49.3 Å². The van der Waals surface area contributed by atoms with Gasteiger partial charge in [-0.25, -0.2) is 4.57 Å². The number of nitrogens with two attached hydrogens (primary N) is 1. The molecule has 53 heavy (non-hydrogen) atoms. The van der Waals surface area contributed by atoms with Crippen molar-refractivity contribution in [1.82, 2.24) is 0 Å². The first kappa shape index (κ1) is 51.0. The smallest absolute Gasteiger partial charge is 0.462 e. The van der Waals surface area contributed by atoms with E-state index in [0.717, 1.165) is 77.0 Å². The standard InChI is InChI=1S/C43H78NO8P/c1-3-5-7-9-11-13-15-17-19-20-21-22-24-26-28-30-32-34-36-43(46)52-41(40-51-53(47,48)50-38-37-44)39-49-42(45)35-33-31-29-27-25-23-18-16-14-12-10-8-6-4-2/h10,12-13,15-16,18-20,41H,3-9,11,14,17,21-40,44H2,1-2H3,(H,47,48)/b12-10-,15-13-,18-16-,20-19-. The van der Waals surface area contributed by atoms with Gasteiger partial charge < -0.3 is 20.1 Å². The summed E-state index contributed by atoms with van der Waals surface area (Å²) in [6.07, 6.45) is 44.2. The van der Waals surface area contributed by atoms with E-state index in [0.29, 0.717) is 12.8 Å². The Bertz CT molecular complexity index is 1010. The van der Waals surface area contributed by atoms with E-state index in [2.05, 4.69) is 62.5 Å². The number of phosphoric acid groups is 1. The van der Waals surface area contributed by atoms with Crippen molar-refractivity contribution in [2.75, 3.05) is 26.4 Å². The summed E-state index contributed by atoms with van der Waals surface area (Å²) in [6, 6.07) is 0. The van der Waals surface area contributed by atoms with Crippen molar-refractivity contribution in [3.63, 3.8) is 0 Å². The van der Waals surface area contributed by atoms with Gasteiger partial charge in [-0.1, -0.05) is 146 Å². The van der Waals surface area contributed by atoms with Gasteiger partial charge in [0.25, 0.3) is 0 Å². The Morgan fingerprint density at radius 3 is 1.49 bits per heavy atom. The first-order chi connectivity index (χ1) is 25.8. The van der Waals surface area contributed by atoms with Gasteiger partial charge in [-0.15, -0.1) is 0 Å². The van der Waals surface area contributed by atoms with Crippen LogP contribution in [0.3, 0.4) is 0 Å². The van der Waals surface area contributed by atoms with E-state index >= 15 is 0 Å². The predicted octanol–water partition coefficient (Wildman–Crippen LogP) is 11.9. The van der Waals surface area contributed by atoms with E-state index in [4.69, 9.17) is 24.3 Å². The highest BCUT2D eigenvalue weighted by Crippen LogP contribution is 2.43. The predicted molar refractivity (Wildman–Crippen MR) is 220 cm³/mol. The molecule has 0 aromatic rings. The maximum absolute atomic E-state index is 12.6. The zero-order valence-electron chi connectivity index (χ0n) is 33.7. The molecule has 3 N–H and O–H groups in total. The zero-order chi connectivity index (χ0) is 38.9. The monoisotopic (exact) mass is 768 g/mol. The van der Waals surface area contributed by atoms with Gasteiger partial charge >= 0.3 is 19.8 Å². The van der Waals surface area contributed by atoms with Crippen LogP contribution in [0.2, 0.25) is 0 Å². The fourth-order valence-corrected chi connectivity index (χ4v) is 6.27. The van der Waals surface area contributed by atoms with Crippen molar-refractivity contribution in [1.29, 1.82) is 0 Å². The topological polar surface area (TPSA) is 134 Å². The van der Waals surface area contributed by atoms with Crippen LogP contribution in [0.15, 0.2) is 48.6 Å². The van der Waals surface area contributed by atoms with Gasteiger partial charge in [0.2, 0.25) is 0 Å². The van der Waals surface area contributed by atoms with E-state index in [-0.39, 0.29) is 32.6 Å². The second-order valence-electron chi connectivity index (χ2n) is 13.8. The Labute approximate surface area is 324 Å². The second kappa shape index (κ2) is 39.7. The number of hydrogen-bond acceptors (Lipinski definition) is 8. The van der Waals surface area contributed by atoms with Crippen molar-refractivity contribution < 1.29 is 37.6 Å². The minimum absolute atomic E-state index is 0.0484. The molecule has 0 bridgehead atoms. The molecule has 9 nitrogen and oxygen atoms in total. The summed E-state index contributed by atoms with van der Waals surface area (Å²) in [5.74, 6) is -0.856. The fourth-order valence-electron chi connectivity index (χ4n) is 5.50. The van der Waals surface area contributed by atoms with E-state index < -0.39 is 32.5 Å². The molecule has 308 valence electrons. The lowest BCUT2D eigenvalue weighted by Crippen LogP contribution is -2.29. The molecule has 0 amide bonds. The number of rotatable bonds is 39. The number of carbonyl (C=O) groups excluding carboxylic acids is 2. The molecule has 0 aliphatic carbocycles. The lowest BCUT2D eigenvalue weighted by atomic mass is 10.1. The van der Waals surface area contributed by atoms with Crippen molar-refractivity contribution >= 4 is 19.8 Å². The molecule has 2 atom stereocenters. The maximum Gasteiger partial charge on any atom is 0.472 e. The van der Waals surface area contributed by atoms with Crippen LogP contribution in [-0.2, 0) is 32.7 Å². The minimum Gasteiger partial charge on any atom is -0.462 e. The van der Waals surface area contributed by atoms with Gasteiger partial charge in [-0.2, -0.15) is 0 Å². The number of phosphoric ester groups is 1.